The standard InChI is InChI=1S/C6H13Cl2N/c1-2-9(5-3-7)6-4-8/h2-6H2,1H3. The first-order chi connectivity index (χ1) is 4.35. The molecule has 0 unspecified atom stereocenters. The molecule has 3 heteroatoms. The van der Waals surface area contributed by atoms with Gasteiger partial charge in [0.25, 0.3) is 0 Å². The van der Waals surface area contributed by atoms with Gasteiger partial charge < -0.3 is 4.90 Å². The van der Waals surface area contributed by atoms with Gasteiger partial charge in [-0.3, -0.25) is 0 Å². The van der Waals surface area contributed by atoms with Gasteiger partial charge in [-0.05, 0) is 6.54 Å². The summed E-state index contributed by atoms with van der Waals surface area (Å²) in [7, 11) is 0. The molecule has 0 aliphatic rings. The number of nitrogens with zero attached hydrogens (tertiary/aromatic N) is 1. The first-order valence-electron chi connectivity index (χ1n) is 3.19. The van der Waals surface area contributed by atoms with Crippen LogP contribution < -0.4 is 0 Å². The summed E-state index contributed by atoms with van der Waals surface area (Å²) in [6.45, 7) is 5.05. The maximum absolute atomic E-state index is 5.53. The van der Waals surface area contributed by atoms with Gasteiger partial charge in [-0.25, -0.2) is 0 Å². The van der Waals surface area contributed by atoms with Crippen LogP contribution in [0.1, 0.15) is 6.92 Å². The zero-order valence-corrected chi connectivity index (χ0v) is 7.25. The molecule has 0 N–H and O–H groups in total. The Balaban J connectivity index is 3.18. The Hall–Kier alpha value is 0.540. The maximum Gasteiger partial charge on any atom is 0.0351 e. The molecule has 0 aromatic carbocycles. The zero-order chi connectivity index (χ0) is 7.11. The summed E-state index contributed by atoms with van der Waals surface area (Å²) in [4.78, 5) is 2.22. The Labute approximate surface area is 66.9 Å². The van der Waals surface area contributed by atoms with Crippen molar-refractivity contribution >= 4 is 23.2 Å². The summed E-state index contributed by atoms with van der Waals surface area (Å²) in [6.07, 6.45) is 0. The SMILES string of the molecule is CCN(CCCl)CCCl. The molecule has 0 aromatic rings. The summed E-state index contributed by atoms with van der Waals surface area (Å²) in [5, 5.41) is 0. The Morgan fingerprint density at radius 2 is 1.56 bits per heavy atom. The predicted molar refractivity (Wildman–Crippen MR) is 43.6 cm³/mol. The second-order valence-corrected chi connectivity index (χ2v) is 2.57. The van der Waals surface area contributed by atoms with Crippen LogP contribution in [0.4, 0.5) is 0 Å². The average molecular weight is 170 g/mol. The van der Waals surface area contributed by atoms with Crippen LogP contribution in [0, 0.1) is 0 Å². The minimum Gasteiger partial charge on any atom is -0.301 e. The van der Waals surface area contributed by atoms with E-state index in [0.717, 1.165) is 19.6 Å². The van der Waals surface area contributed by atoms with Gasteiger partial charge in [-0.1, -0.05) is 6.92 Å². The molecule has 9 heavy (non-hydrogen) atoms. The van der Waals surface area contributed by atoms with Crippen LogP contribution in [0.3, 0.4) is 0 Å². The molecule has 0 atom stereocenters. The predicted octanol–water partition coefficient (Wildman–Crippen LogP) is 1.79. The highest BCUT2D eigenvalue weighted by molar-refractivity contribution is 6.18. The molecule has 1 nitrogen and oxygen atoms in total. The van der Waals surface area contributed by atoms with Gasteiger partial charge in [0.2, 0.25) is 0 Å². The van der Waals surface area contributed by atoms with Crippen LogP contribution in [0.2, 0.25) is 0 Å². The Bertz CT molecular complexity index is 53.0. The summed E-state index contributed by atoms with van der Waals surface area (Å²) >= 11 is 11.1. The molecular weight excluding hydrogens is 157 g/mol. The number of alkyl halides is 2. The fraction of sp³-hybridized carbons (Fsp3) is 1.00. The minimum absolute atomic E-state index is 0.699. The molecule has 0 aliphatic carbocycles. The van der Waals surface area contributed by atoms with Crippen LogP contribution in [0.15, 0.2) is 0 Å². The zero-order valence-electron chi connectivity index (χ0n) is 5.74. The summed E-state index contributed by atoms with van der Waals surface area (Å²) in [5.41, 5.74) is 0. The first kappa shape index (κ1) is 9.54. The van der Waals surface area contributed by atoms with Gasteiger partial charge in [0.05, 0.1) is 0 Å². The fourth-order valence-corrected chi connectivity index (χ4v) is 1.15. The molecule has 0 fully saturated rings. The molecule has 0 heterocycles. The lowest BCUT2D eigenvalue weighted by Crippen LogP contribution is -2.27. The van der Waals surface area contributed by atoms with Crippen LogP contribution in [-0.2, 0) is 0 Å². The minimum atomic E-state index is 0.699. The Kier molecular flexibility index (Phi) is 7.06. The van der Waals surface area contributed by atoms with Crippen molar-refractivity contribution in [3.8, 4) is 0 Å². The lowest BCUT2D eigenvalue weighted by atomic mass is 10.5. The van der Waals surface area contributed by atoms with E-state index in [4.69, 9.17) is 23.2 Å². The number of rotatable bonds is 5. The van der Waals surface area contributed by atoms with Crippen molar-refractivity contribution in [2.24, 2.45) is 0 Å². The van der Waals surface area contributed by atoms with Gasteiger partial charge in [0.1, 0.15) is 0 Å². The summed E-state index contributed by atoms with van der Waals surface area (Å²) < 4.78 is 0. The summed E-state index contributed by atoms with van der Waals surface area (Å²) in [5.74, 6) is 1.40. The van der Waals surface area contributed by atoms with E-state index in [1.54, 1.807) is 0 Å². The Morgan fingerprint density at radius 1 is 1.11 bits per heavy atom. The van der Waals surface area contributed by atoms with E-state index in [1.165, 1.54) is 0 Å². The van der Waals surface area contributed by atoms with Gasteiger partial charge in [-0.2, -0.15) is 0 Å². The van der Waals surface area contributed by atoms with Crippen LogP contribution in [0.5, 0.6) is 0 Å². The largest absolute Gasteiger partial charge is 0.301 e. The van der Waals surface area contributed by atoms with E-state index in [1.807, 2.05) is 0 Å². The van der Waals surface area contributed by atoms with Crippen molar-refractivity contribution in [3.63, 3.8) is 0 Å². The third-order valence-electron chi connectivity index (χ3n) is 1.25. The van der Waals surface area contributed by atoms with E-state index in [9.17, 15) is 0 Å². The second-order valence-electron chi connectivity index (χ2n) is 1.81. The van der Waals surface area contributed by atoms with Crippen molar-refractivity contribution in [1.29, 1.82) is 0 Å². The van der Waals surface area contributed by atoms with Gasteiger partial charge in [0, 0.05) is 24.8 Å². The van der Waals surface area contributed by atoms with Crippen LogP contribution in [0.25, 0.3) is 0 Å². The maximum atomic E-state index is 5.53. The first-order valence-corrected chi connectivity index (χ1v) is 4.26. The van der Waals surface area contributed by atoms with E-state index in [-0.39, 0.29) is 0 Å². The molecule has 56 valence electrons. The highest BCUT2D eigenvalue weighted by Crippen LogP contribution is 1.89. The average Bonchev–Trinajstić information content (AvgIpc) is 1.88. The number of hydrogen-bond acceptors (Lipinski definition) is 1. The third kappa shape index (κ3) is 5.01. The lowest BCUT2D eigenvalue weighted by molar-refractivity contribution is 0.325. The molecular formula is C6H13Cl2N. The monoisotopic (exact) mass is 169 g/mol. The number of halogens is 2. The highest BCUT2D eigenvalue weighted by atomic mass is 35.5. The molecule has 0 bridgehead atoms. The van der Waals surface area contributed by atoms with Crippen molar-refractivity contribution in [2.75, 3.05) is 31.4 Å². The van der Waals surface area contributed by atoms with Crippen molar-refractivity contribution in [2.45, 2.75) is 6.92 Å². The van der Waals surface area contributed by atoms with Crippen molar-refractivity contribution in [3.05, 3.63) is 0 Å². The van der Waals surface area contributed by atoms with E-state index in [0.29, 0.717) is 11.8 Å². The van der Waals surface area contributed by atoms with Crippen LogP contribution >= 0.6 is 23.2 Å². The third-order valence-corrected chi connectivity index (χ3v) is 1.59. The van der Waals surface area contributed by atoms with Crippen molar-refractivity contribution < 1.29 is 0 Å². The molecule has 0 saturated heterocycles. The molecule has 0 amide bonds. The smallest absolute Gasteiger partial charge is 0.0351 e. The second kappa shape index (κ2) is 6.66. The van der Waals surface area contributed by atoms with Gasteiger partial charge in [0.15, 0.2) is 0 Å². The molecule has 0 aliphatic heterocycles. The number of hydrogen-bond donors (Lipinski definition) is 0. The van der Waals surface area contributed by atoms with Gasteiger partial charge in [-0.15, -0.1) is 23.2 Å². The summed E-state index contributed by atoms with van der Waals surface area (Å²) in [6, 6.07) is 0. The lowest BCUT2D eigenvalue weighted by Gasteiger charge is -2.16. The van der Waals surface area contributed by atoms with E-state index < -0.39 is 0 Å². The van der Waals surface area contributed by atoms with Crippen molar-refractivity contribution in [1.82, 2.24) is 4.90 Å². The quantitative estimate of drug-likeness (QED) is 0.568. The topological polar surface area (TPSA) is 3.24 Å². The molecule has 0 rings (SSSR count). The molecule has 0 radical (unpaired) electrons. The Morgan fingerprint density at radius 3 is 1.78 bits per heavy atom. The van der Waals surface area contributed by atoms with E-state index >= 15 is 0 Å². The normalized spacial score (nSPS) is 10.7. The van der Waals surface area contributed by atoms with Crippen LogP contribution in [-0.4, -0.2) is 36.3 Å². The highest BCUT2D eigenvalue weighted by Gasteiger charge is 1.97. The molecule has 0 spiro atoms. The van der Waals surface area contributed by atoms with Gasteiger partial charge >= 0.3 is 0 Å². The fourth-order valence-electron chi connectivity index (χ4n) is 0.667. The molecule has 0 aromatic heterocycles. The molecule has 0 saturated carbocycles. The van der Waals surface area contributed by atoms with E-state index in [2.05, 4.69) is 11.8 Å².